The van der Waals surface area contributed by atoms with Crippen LogP contribution >= 0.6 is 0 Å². The van der Waals surface area contributed by atoms with Gasteiger partial charge in [0.2, 0.25) is 5.89 Å². The van der Waals surface area contributed by atoms with Crippen LogP contribution in [0.5, 0.6) is 17.2 Å². The first-order chi connectivity index (χ1) is 19.4. The highest BCUT2D eigenvalue weighted by molar-refractivity contribution is 5.99. The third-order valence-electron chi connectivity index (χ3n) is 6.40. The first-order valence-corrected chi connectivity index (χ1v) is 12.9. The lowest BCUT2D eigenvalue weighted by molar-refractivity contribution is -0.136. The van der Waals surface area contributed by atoms with Crippen molar-refractivity contribution in [1.29, 1.82) is 0 Å². The van der Waals surface area contributed by atoms with Gasteiger partial charge in [-0.15, -0.1) is 0 Å². The van der Waals surface area contributed by atoms with Crippen molar-refractivity contribution in [2.45, 2.75) is 32.7 Å². The molecule has 0 aliphatic rings. The van der Waals surface area contributed by atoms with Crippen LogP contribution in [-0.2, 0) is 24.2 Å². The minimum atomic E-state index is -0.896. The van der Waals surface area contributed by atoms with Crippen LogP contribution in [0.15, 0.2) is 71.1 Å². The smallest absolute Gasteiger partial charge is 0.303 e. The van der Waals surface area contributed by atoms with E-state index in [1.165, 1.54) is 14.2 Å². The molecule has 1 heterocycles. The van der Waals surface area contributed by atoms with Gasteiger partial charge < -0.3 is 29.1 Å². The highest BCUT2D eigenvalue weighted by atomic mass is 16.5. The molecule has 1 amide bonds. The van der Waals surface area contributed by atoms with Crippen molar-refractivity contribution >= 4 is 11.9 Å². The number of carbonyl (C=O) groups excluding carboxylic acids is 1. The van der Waals surface area contributed by atoms with Crippen LogP contribution in [0.4, 0.5) is 0 Å². The van der Waals surface area contributed by atoms with Gasteiger partial charge in [-0.3, -0.25) is 9.59 Å². The summed E-state index contributed by atoms with van der Waals surface area (Å²) in [7, 11) is 2.97. The largest absolute Gasteiger partial charge is 0.496 e. The summed E-state index contributed by atoms with van der Waals surface area (Å²) in [6.07, 6.45) is 0.832. The van der Waals surface area contributed by atoms with E-state index in [9.17, 15) is 14.7 Å². The quantitative estimate of drug-likeness (QED) is 0.235. The molecule has 0 aliphatic heterocycles. The van der Waals surface area contributed by atoms with Crippen molar-refractivity contribution in [3.05, 3.63) is 94.9 Å². The number of amides is 1. The number of aromatic nitrogens is 1. The minimum absolute atomic E-state index is 0.0311. The number of nitrogens with one attached hydrogen (secondary N) is 1. The summed E-state index contributed by atoms with van der Waals surface area (Å²) in [6.45, 7) is 2.40. The van der Waals surface area contributed by atoms with E-state index in [2.05, 4.69) is 10.3 Å². The van der Waals surface area contributed by atoms with Gasteiger partial charge in [0.25, 0.3) is 5.91 Å². The number of benzene rings is 3. The van der Waals surface area contributed by atoms with E-state index in [4.69, 9.17) is 18.6 Å². The summed E-state index contributed by atoms with van der Waals surface area (Å²) in [5.41, 5.74) is 3.57. The Hall–Kier alpha value is -4.79. The lowest BCUT2D eigenvalue weighted by atomic mass is 10.0. The van der Waals surface area contributed by atoms with Crippen molar-refractivity contribution < 1.29 is 33.3 Å². The van der Waals surface area contributed by atoms with Crippen LogP contribution in [0.2, 0.25) is 0 Å². The predicted octanol–water partition coefficient (Wildman–Crippen LogP) is 5.24. The second kappa shape index (κ2) is 13.3. The highest BCUT2D eigenvalue weighted by Crippen LogP contribution is 2.28. The molecule has 4 aromatic rings. The zero-order valence-corrected chi connectivity index (χ0v) is 22.7. The van der Waals surface area contributed by atoms with Crippen LogP contribution in [-0.4, -0.2) is 42.8 Å². The molecule has 0 saturated heterocycles. The monoisotopic (exact) mass is 544 g/mol. The van der Waals surface area contributed by atoms with E-state index in [1.807, 2.05) is 49.4 Å². The fourth-order valence-electron chi connectivity index (χ4n) is 4.31. The third-order valence-corrected chi connectivity index (χ3v) is 6.40. The summed E-state index contributed by atoms with van der Waals surface area (Å²) >= 11 is 0. The van der Waals surface area contributed by atoms with Crippen LogP contribution in [0.25, 0.3) is 11.5 Å². The zero-order chi connectivity index (χ0) is 28.5. The number of nitrogens with zero attached hydrogens (tertiary/aromatic N) is 1. The maximum atomic E-state index is 13.1. The predicted molar refractivity (Wildman–Crippen MR) is 149 cm³/mol. The first kappa shape index (κ1) is 28.2. The molecule has 3 aromatic carbocycles. The molecule has 208 valence electrons. The number of rotatable bonds is 13. The molecule has 0 spiro atoms. The number of aliphatic carboxylic acids is 1. The van der Waals surface area contributed by atoms with Crippen molar-refractivity contribution in [3.8, 4) is 28.7 Å². The molecule has 4 rings (SSSR count). The zero-order valence-electron chi connectivity index (χ0n) is 22.7. The Bertz CT molecular complexity index is 1440. The van der Waals surface area contributed by atoms with Crippen LogP contribution in [0.1, 0.15) is 39.4 Å². The standard InChI is InChI=1S/C31H32N2O7/c1-20-25(33-31(40-20)22-8-5-4-6-9-22)16-17-39-24-14-12-21(13-15-28(34)35)23(18-24)19-32-30(36)29-26(37-2)10-7-11-27(29)38-3/h4-12,14,18H,13,15-17,19H2,1-3H3,(H,32,36)(H,34,35). The fraction of sp³-hybridized carbons (Fsp3) is 0.258. The SMILES string of the molecule is COc1cccc(OC)c1C(=O)NCc1cc(OCCc2nc(-c3ccccc3)oc2C)ccc1CCC(=O)O. The summed E-state index contributed by atoms with van der Waals surface area (Å²) < 4.78 is 22.5. The van der Waals surface area contributed by atoms with Gasteiger partial charge in [-0.05, 0) is 60.9 Å². The van der Waals surface area contributed by atoms with E-state index >= 15 is 0 Å². The third kappa shape index (κ3) is 6.99. The summed E-state index contributed by atoms with van der Waals surface area (Å²) in [6, 6.07) is 20.3. The van der Waals surface area contributed by atoms with Gasteiger partial charge in [-0.2, -0.15) is 0 Å². The average Bonchev–Trinajstić information content (AvgIpc) is 3.35. The van der Waals surface area contributed by atoms with Gasteiger partial charge in [0, 0.05) is 24.9 Å². The Labute approximate surface area is 232 Å². The lowest BCUT2D eigenvalue weighted by Gasteiger charge is -2.15. The van der Waals surface area contributed by atoms with Crippen LogP contribution in [0.3, 0.4) is 0 Å². The second-order valence-corrected chi connectivity index (χ2v) is 9.03. The molecule has 0 unspecified atom stereocenters. The van der Waals surface area contributed by atoms with E-state index in [0.717, 1.165) is 28.1 Å². The van der Waals surface area contributed by atoms with E-state index in [1.54, 1.807) is 24.3 Å². The number of carbonyl (C=O) groups is 2. The molecular formula is C31H32N2O7. The molecule has 9 nitrogen and oxygen atoms in total. The fourth-order valence-corrected chi connectivity index (χ4v) is 4.31. The Morgan fingerprint density at radius 2 is 1.65 bits per heavy atom. The molecular weight excluding hydrogens is 512 g/mol. The van der Waals surface area contributed by atoms with Crippen molar-refractivity contribution in [2.24, 2.45) is 0 Å². The molecule has 0 bridgehead atoms. The number of hydrogen-bond acceptors (Lipinski definition) is 7. The van der Waals surface area contributed by atoms with Gasteiger partial charge in [-0.25, -0.2) is 4.98 Å². The number of carboxylic acids is 1. The Balaban J connectivity index is 1.46. The van der Waals surface area contributed by atoms with Crippen molar-refractivity contribution in [1.82, 2.24) is 10.3 Å². The summed E-state index contributed by atoms with van der Waals surface area (Å²) in [4.78, 5) is 28.9. The van der Waals surface area contributed by atoms with Crippen molar-refractivity contribution in [2.75, 3.05) is 20.8 Å². The number of hydrogen-bond donors (Lipinski definition) is 2. The Morgan fingerprint density at radius 1 is 0.925 bits per heavy atom. The highest BCUT2D eigenvalue weighted by Gasteiger charge is 2.19. The summed E-state index contributed by atoms with van der Waals surface area (Å²) in [5, 5.41) is 12.1. The molecule has 0 atom stereocenters. The normalized spacial score (nSPS) is 10.7. The molecule has 0 radical (unpaired) electrons. The lowest BCUT2D eigenvalue weighted by Crippen LogP contribution is -2.24. The van der Waals surface area contributed by atoms with Crippen LogP contribution < -0.4 is 19.5 Å². The maximum absolute atomic E-state index is 13.1. The van der Waals surface area contributed by atoms with Gasteiger partial charge in [0.15, 0.2) is 0 Å². The maximum Gasteiger partial charge on any atom is 0.303 e. The van der Waals surface area contributed by atoms with Crippen LogP contribution in [0, 0.1) is 6.92 Å². The van der Waals surface area contributed by atoms with Gasteiger partial charge >= 0.3 is 5.97 Å². The first-order valence-electron chi connectivity index (χ1n) is 12.9. The molecule has 40 heavy (non-hydrogen) atoms. The molecule has 1 aromatic heterocycles. The number of methoxy groups -OCH3 is 2. The second-order valence-electron chi connectivity index (χ2n) is 9.03. The number of ether oxygens (including phenoxy) is 3. The molecule has 0 fully saturated rings. The number of aryl methyl sites for hydroxylation is 2. The average molecular weight is 545 g/mol. The number of carboxylic acid groups (broad SMARTS) is 1. The van der Waals surface area contributed by atoms with Gasteiger partial charge in [0.1, 0.15) is 28.6 Å². The van der Waals surface area contributed by atoms with E-state index < -0.39 is 5.97 Å². The van der Waals surface area contributed by atoms with Gasteiger partial charge in [0.05, 0.1) is 26.5 Å². The Morgan fingerprint density at radius 3 is 2.33 bits per heavy atom. The summed E-state index contributed by atoms with van der Waals surface area (Å²) in [5.74, 6) is 1.41. The van der Waals surface area contributed by atoms with Crippen molar-refractivity contribution in [3.63, 3.8) is 0 Å². The molecule has 9 heteroatoms. The van der Waals surface area contributed by atoms with E-state index in [0.29, 0.717) is 42.6 Å². The topological polar surface area (TPSA) is 120 Å². The molecule has 0 aliphatic carbocycles. The Kier molecular flexibility index (Phi) is 9.40. The van der Waals surface area contributed by atoms with E-state index in [-0.39, 0.29) is 24.4 Å². The minimum Gasteiger partial charge on any atom is -0.496 e. The van der Waals surface area contributed by atoms with Gasteiger partial charge in [-0.1, -0.05) is 30.3 Å². The molecule has 0 saturated carbocycles. The number of oxazole rings is 1. The molecule has 2 N–H and O–H groups in total.